The summed E-state index contributed by atoms with van der Waals surface area (Å²) in [5, 5.41) is 4.50. The van der Waals surface area contributed by atoms with Gasteiger partial charge in [-0.05, 0) is 17.8 Å². The number of primary amides is 1. The largest absolute Gasteiger partial charge is 0.485 e. The standard InChI is InChI=1S/C11H12N4O6S/c1-20-9-6(15-11(22-9)21-10(12)19)8(18)13-4-2-3-5(16)14-7(4)17/h4H,2-3H2,1H3,(H2,12,19)(H,13,18)(H,14,16,17). The van der Waals surface area contributed by atoms with E-state index in [0.29, 0.717) is 0 Å². The van der Waals surface area contributed by atoms with Crippen LogP contribution in [0.15, 0.2) is 0 Å². The molecule has 1 aliphatic rings. The Bertz CT molecular complexity index is 643. The van der Waals surface area contributed by atoms with Crippen molar-refractivity contribution in [3.63, 3.8) is 0 Å². The molecule has 1 aliphatic heterocycles. The van der Waals surface area contributed by atoms with E-state index in [9.17, 15) is 19.2 Å². The number of imide groups is 1. The monoisotopic (exact) mass is 328 g/mol. The van der Waals surface area contributed by atoms with Gasteiger partial charge in [0.2, 0.25) is 16.9 Å². The second-order valence-corrected chi connectivity index (χ2v) is 5.14. The van der Waals surface area contributed by atoms with Gasteiger partial charge >= 0.3 is 6.09 Å². The summed E-state index contributed by atoms with van der Waals surface area (Å²) in [6.07, 6.45) is -0.762. The minimum atomic E-state index is -1.08. The average molecular weight is 328 g/mol. The van der Waals surface area contributed by atoms with Gasteiger partial charge in [0.15, 0.2) is 5.69 Å². The van der Waals surface area contributed by atoms with Gasteiger partial charge in [-0.1, -0.05) is 0 Å². The molecular formula is C11H12N4O6S. The highest BCUT2D eigenvalue weighted by Gasteiger charge is 2.30. The SMILES string of the molecule is COc1sc(OC(N)=O)nc1C(=O)NC1CCC(=O)NC1=O. The van der Waals surface area contributed by atoms with Crippen molar-refractivity contribution in [3.05, 3.63) is 5.69 Å². The van der Waals surface area contributed by atoms with Crippen molar-refractivity contribution >= 4 is 35.2 Å². The number of ether oxygens (including phenoxy) is 2. The van der Waals surface area contributed by atoms with Gasteiger partial charge in [0, 0.05) is 6.42 Å². The van der Waals surface area contributed by atoms with Gasteiger partial charge in [-0.2, -0.15) is 4.98 Å². The number of nitrogens with two attached hydrogens (primary N) is 1. The lowest BCUT2D eigenvalue weighted by molar-refractivity contribution is -0.134. The molecular weight excluding hydrogens is 316 g/mol. The summed E-state index contributed by atoms with van der Waals surface area (Å²) in [4.78, 5) is 49.2. The maximum Gasteiger partial charge on any atom is 0.411 e. The van der Waals surface area contributed by atoms with Crippen molar-refractivity contribution in [1.29, 1.82) is 0 Å². The number of hydrogen-bond donors (Lipinski definition) is 3. The second kappa shape index (κ2) is 6.39. The predicted octanol–water partition coefficient (Wildman–Crippen LogP) is -0.856. The Morgan fingerprint density at radius 1 is 1.45 bits per heavy atom. The Morgan fingerprint density at radius 2 is 2.18 bits per heavy atom. The molecule has 0 saturated carbocycles. The lowest BCUT2D eigenvalue weighted by Gasteiger charge is -2.21. The van der Waals surface area contributed by atoms with Gasteiger partial charge in [0.25, 0.3) is 11.1 Å². The van der Waals surface area contributed by atoms with E-state index in [1.165, 1.54) is 7.11 Å². The zero-order valence-electron chi connectivity index (χ0n) is 11.4. The highest BCUT2D eigenvalue weighted by atomic mass is 32.1. The highest BCUT2D eigenvalue weighted by Crippen LogP contribution is 2.32. The van der Waals surface area contributed by atoms with E-state index in [4.69, 9.17) is 10.5 Å². The number of carbonyl (C=O) groups is 4. The first-order chi connectivity index (χ1) is 10.4. The van der Waals surface area contributed by atoms with Gasteiger partial charge in [-0.3, -0.25) is 19.7 Å². The molecule has 1 aromatic heterocycles. The molecule has 2 rings (SSSR count). The zero-order valence-corrected chi connectivity index (χ0v) is 12.2. The smallest absolute Gasteiger partial charge is 0.411 e. The molecule has 10 nitrogen and oxygen atoms in total. The Balaban J connectivity index is 2.11. The molecule has 1 unspecified atom stereocenters. The van der Waals surface area contributed by atoms with E-state index in [2.05, 4.69) is 20.4 Å². The first-order valence-electron chi connectivity index (χ1n) is 6.07. The number of methoxy groups -OCH3 is 1. The van der Waals surface area contributed by atoms with Crippen molar-refractivity contribution < 1.29 is 28.7 Å². The molecule has 0 spiro atoms. The summed E-state index contributed by atoms with van der Waals surface area (Å²) in [6, 6.07) is -0.850. The van der Waals surface area contributed by atoms with E-state index in [1.54, 1.807) is 0 Å². The molecule has 1 fully saturated rings. The average Bonchev–Trinajstić information content (AvgIpc) is 2.84. The normalized spacial score (nSPS) is 17.6. The number of piperidine rings is 1. The number of rotatable bonds is 4. The second-order valence-electron chi connectivity index (χ2n) is 4.22. The summed E-state index contributed by atoms with van der Waals surface area (Å²) in [7, 11) is 1.31. The Hall–Kier alpha value is -2.69. The fourth-order valence-electron chi connectivity index (χ4n) is 1.76. The molecule has 1 aromatic rings. The van der Waals surface area contributed by atoms with Crippen LogP contribution in [0.5, 0.6) is 10.3 Å². The Kier molecular flexibility index (Phi) is 4.56. The van der Waals surface area contributed by atoms with Gasteiger partial charge in [-0.15, -0.1) is 0 Å². The number of thiazole rings is 1. The first kappa shape index (κ1) is 15.7. The molecule has 4 N–H and O–H groups in total. The van der Waals surface area contributed by atoms with Crippen molar-refractivity contribution in [2.24, 2.45) is 5.73 Å². The summed E-state index contributed by atoms with van der Waals surface area (Å²) in [6.45, 7) is 0. The first-order valence-corrected chi connectivity index (χ1v) is 6.89. The van der Waals surface area contributed by atoms with Gasteiger partial charge < -0.3 is 20.5 Å². The van der Waals surface area contributed by atoms with E-state index in [1.807, 2.05) is 0 Å². The predicted molar refractivity (Wildman–Crippen MR) is 72.5 cm³/mol. The van der Waals surface area contributed by atoms with Crippen molar-refractivity contribution in [1.82, 2.24) is 15.6 Å². The van der Waals surface area contributed by atoms with Crippen LogP contribution in [-0.2, 0) is 9.59 Å². The van der Waals surface area contributed by atoms with E-state index in [0.717, 1.165) is 11.3 Å². The van der Waals surface area contributed by atoms with Crippen molar-refractivity contribution in [2.45, 2.75) is 18.9 Å². The maximum absolute atomic E-state index is 12.1. The third-order valence-corrected chi connectivity index (χ3v) is 3.60. The molecule has 0 aromatic carbocycles. The Morgan fingerprint density at radius 3 is 2.77 bits per heavy atom. The molecule has 4 amide bonds. The minimum Gasteiger partial charge on any atom is -0.485 e. The summed E-state index contributed by atoms with van der Waals surface area (Å²) in [5.41, 5.74) is 4.72. The molecule has 0 bridgehead atoms. The molecule has 11 heteroatoms. The van der Waals surface area contributed by atoms with Crippen LogP contribution in [0.1, 0.15) is 23.3 Å². The lowest BCUT2D eigenvalue weighted by Crippen LogP contribution is -2.52. The van der Waals surface area contributed by atoms with Crippen LogP contribution in [-0.4, -0.2) is 42.0 Å². The topological polar surface area (TPSA) is 150 Å². The van der Waals surface area contributed by atoms with Gasteiger partial charge in [0.05, 0.1) is 7.11 Å². The van der Waals surface area contributed by atoms with E-state index >= 15 is 0 Å². The van der Waals surface area contributed by atoms with E-state index in [-0.39, 0.29) is 34.7 Å². The quantitative estimate of drug-likeness (QED) is 0.609. The van der Waals surface area contributed by atoms with E-state index < -0.39 is 23.9 Å². The third kappa shape index (κ3) is 3.49. The van der Waals surface area contributed by atoms with Gasteiger partial charge in [-0.25, -0.2) is 4.79 Å². The summed E-state index contributed by atoms with van der Waals surface area (Å²) < 4.78 is 9.55. The zero-order chi connectivity index (χ0) is 16.3. The Labute approximate surface area is 128 Å². The number of hydrogen-bond acceptors (Lipinski definition) is 8. The van der Waals surface area contributed by atoms with Crippen LogP contribution in [0.25, 0.3) is 0 Å². The lowest BCUT2D eigenvalue weighted by atomic mass is 10.1. The number of carbonyl (C=O) groups excluding carboxylic acids is 4. The van der Waals surface area contributed by atoms with Crippen LogP contribution in [0, 0.1) is 0 Å². The fourth-order valence-corrected chi connectivity index (χ4v) is 2.49. The molecule has 0 aliphatic carbocycles. The molecule has 22 heavy (non-hydrogen) atoms. The van der Waals surface area contributed by atoms with Crippen LogP contribution in [0.2, 0.25) is 0 Å². The minimum absolute atomic E-state index is 0.0982. The number of aromatic nitrogens is 1. The summed E-state index contributed by atoms with van der Waals surface area (Å²) >= 11 is 0.807. The van der Waals surface area contributed by atoms with Crippen LogP contribution in [0.4, 0.5) is 4.79 Å². The van der Waals surface area contributed by atoms with Crippen molar-refractivity contribution in [3.8, 4) is 10.3 Å². The summed E-state index contributed by atoms with van der Waals surface area (Å²) in [5.74, 6) is -1.67. The molecule has 118 valence electrons. The number of nitrogens with one attached hydrogen (secondary N) is 2. The van der Waals surface area contributed by atoms with Crippen LogP contribution < -0.4 is 25.8 Å². The molecule has 0 radical (unpaired) electrons. The number of nitrogens with zero attached hydrogens (tertiary/aromatic N) is 1. The van der Waals surface area contributed by atoms with Crippen molar-refractivity contribution in [2.75, 3.05) is 7.11 Å². The van der Waals surface area contributed by atoms with Crippen LogP contribution >= 0.6 is 11.3 Å². The van der Waals surface area contributed by atoms with Crippen LogP contribution in [0.3, 0.4) is 0 Å². The fraction of sp³-hybridized carbons (Fsp3) is 0.364. The molecule has 2 heterocycles. The van der Waals surface area contributed by atoms with Gasteiger partial charge in [0.1, 0.15) is 6.04 Å². The third-order valence-electron chi connectivity index (χ3n) is 2.71. The molecule has 1 saturated heterocycles. The maximum atomic E-state index is 12.1. The highest BCUT2D eigenvalue weighted by molar-refractivity contribution is 7.15. The number of amides is 4. The molecule has 1 atom stereocenters.